The van der Waals surface area contributed by atoms with Crippen molar-refractivity contribution in [2.75, 3.05) is 27.2 Å². The fourth-order valence-corrected chi connectivity index (χ4v) is 1.92. The molecule has 0 aliphatic heterocycles. The Kier molecular flexibility index (Phi) is 4.95. The van der Waals surface area contributed by atoms with Crippen molar-refractivity contribution in [3.63, 3.8) is 0 Å². The molecule has 0 aromatic heterocycles. The summed E-state index contributed by atoms with van der Waals surface area (Å²) in [6.07, 6.45) is 0. The third-order valence-corrected chi connectivity index (χ3v) is 3.11. The first-order chi connectivity index (χ1) is 10.1. The van der Waals surface area contributed by atoms with Gasteiger partial charge in [0, 0.05) is 6.54 Å². The molecule has 0 unspecified atom stereocenters. The van der Waals surface area contributed by atoms with Crippen LogP contribution in [0.3, 0.4) is 0 Å². The molecule has 0 fully saturated rings. The molecule has 2 aromatic carbocycles. The number of aromatic carboxylic acids is 1. The first kappa shape index (κ1) is 15.1. The van der Waals surface area contributed by atoms with Gasteiger partial charge in [-0.1, -0.05) is 24.3 Å². The van der Waals surface area contributed by atoms with Crippen LogP contribution in [0.15, 0.2) is 48.5 Å². The molecule has 0 spiro atoms. The zero-order valence-corrected chi connectivity index (χ0v) is 12.2. The van der Waals surface area contributed by atoms with Gasteiger partial charge in [0.05, 0.1) is 5.56 Å². The summed E-state index contributed by atoms with van der Waals surface area (Å²) in [6, 6.07) is 14.6. The summed E-state index contributed by atoms with van der Waals surface area (Å²) < 4.78 is 5.71. The van der Waals surface area contributed by atoms with Gasteiger partial charge in [-0.05, 0) is 49.5 Å². The van der Waals surface area contributed by atoms with Crippen molar-refractivity contribution in [1.29, 1.82) is 0 Å². The van der Waals surface area contributed by atoms with E-state index in [4.69, 9.17) is 9.84 Å². The molecule has 0 saturated carbocycles. The second kappa shape index (κ2) is 6.90. The summed E-state index contributed by atoms with van der Waals surface area (Å²) >= 11 is 0. The molecule has 0 radical (unpaired) electrons. The highest BCUT2D eigenvalue weighted by Gasteiger charge is 2.04. The molecule has 110 valence electrons. The molecule has 0 bridgehead atoms. The van der Waals surface area contributed by atoms with Crippen LogP contribution >= 0.6 is 0 Å². The molecular weight excluding hydrogens is 266 g/mol. The van der Waals surface area contributed by atoms with Crippen LogP contribution < -0.4 is 4.74 Å². The summed E-state index contributed by atoms with van der Waals surface area (Å²) in [5.74, 6) is -0.0982. The molecular formula is C17H19NO3. The van der Waals surface area contributed by atoms with E-state index in [2.05, 4.69) is 4.90 Å². The van der Waals surface area contributed by atoms with Crippen LogP contribution in [0.2, 0.25) is 0 Å². The molecule has 0 amide bonds. The number of ether oxygens (including phenoxy) is 1. The molecule has 1 N–H and O–H groups in total. The Morgan fingerprint density at radius 2 is 1.81 bits per heavy atom. The number of likely N-dealkylation sites (N-methyl/N-ethyl adjacent to an activating group) is 1. The van der Waals surface area contributed by atoms with Gasteiger partial charge in [0.2, 0.25) is 0 Å². The second-order valence-electron chi connectivity index (χ2n) is 5.06. The van der Waals surface area contributed by atoms with Crippen molar-refractivity contribution in [1.82, 2.24) is 4.90 Å². The van der Waals surface area contributed by atoms with Crippen molar-refractivity contribution < 1.29 is 14.6 Å². The Morgan fingerprint density at radius 1 is 1.10 bits per heavy atom. The molecule has 0 aliphatic rings. The lowest BCUT2D eigenvalue weighted by Gasteiger charge is -2.12. The number of rotatable bonds is 6. The van der Waals surface area contributed by atoms with Crippen molar-refractivity contribution in [2.24, 2.45) is 0 Å². The summed E-state index contributed by atoms with van der Waals surface area (Å²) in [5, 5.41) is 8.91. The minimum atomic E-state index is -0.915. The number of carboxylic acid groups (broad SMARTS) is 1. The average Bonchev–Trinajstić information content (AvgIpc) is 2.47. The maximum atomic E-state index is 10.9. The van der Waals surface area contributed by atoms with Crippen molar-refractivity contribution in [2.45, 2.75) is 0 Å². The van der Waals surface area contributed by atoms with Crippen LogP contribution in [0.4, 0.5) is 0 Å². The van der Waals surface area contributed by atoms with Crippen LogP contribution in [0, 0.1) is 0 Å². The van der Waals surface area contributed by atoms with E-state index in [-0.39, 0.29) is 5.56 Å². The van der Waals surface area contributed by atoms with Crippen LogP contribution in [-0.4, -0.2) is 43.2 Å². The van der Waals surface area contributed by atoms with Gasteiger partial charge < -0.3 is 14.7 Å². The molecule has 0 heterocycles. The fourth-order valence-electron chi connectivity index (χ4n) is 1.92. The Morgan fingerprint density at radius 3 is 2.43 bits per heavy atom. The van der Waals surface area contributed by atoms with Gasteiger partial charge in [0.25, 0.3) is 0 Å². The lowest BCUT2D eigenvalue weighted by Crippen LogP contribution is -2.19. The summed E-state index contributed by atoms with van der Waals surface area (Å²) in [7, 11) is 4.01. The predicted octanol–water partition coefficient (Wildman–Crippen LogP) is 2.99. The number of benzene rings is 2. The molecule has 4 heteroatoms. The molecule has 2 rings (SSSR count). The smallest absolute Gasteiger partial charge is 0.335 e. The van der Waals surface area contributed by atoms with Crippen molar-refractivity contribution in [3.05, 3.63) is 54.1 Å². The Labute approximate surface area is 124 Å². The van der Waals surface area contributed by atoms with Gasteiger partial charge in [-0.25, -0.2) is 4.79 Å². The van der Waals surface area contributed by atoms with E-state index in [0.29, 0.717) is 6.61 Å². The van der Waals surface area contributed by atoms with E-state index in [1.807, 2.05) is 50.5 Å². The van der Waals surface area contributed by atoms with E-state index in [1.54, 1.807) is 12.1 Å². The van der Waals surface area contributed by atoms with Gasteiger partial charge in [-0.3, -0.25) is 0 Å². The normalized spacial score (nSPS) is 10.6. The third kappa shape index (κ3) is 4.33. The highest BCUT2D eigenvalue weighted by Crippen LogP contribution is 2.24. The second-order valence-corrected chi connectivity index (χ2v) is 5.06. The molecule has 4 nitrogen and oxygen atoms in total. The maximum absolute atomic E-state index is 10.9. The van der Waals surface area contributed by atoms with Gasteiger partial charge in [0.15, 0.2) is 0 Å². The molecule has 0 saturated heterocycles. The fraction of sp³-hybridized carbons (Fsp3) is 0.235. The number of carboxylic acids is 1. The molecule has 0 atom stereocenters. The minimum absolute atomic E-state index is 0.289. The summed E-state index contributed by atoms with van der Waals surface area (Å²) in [4.78, 5) is 12.9. The van der Waals surface area contributed by atoms with Crippen LogP contribution in [-0.2, 0) is 0 Å². The highest BCUT2D eigenvalue weighted by atomic mass is 16.5. The summed E-state index contributed by atoms with van der Waals surface area (Å²) in [6.45, 7) is 1.49. The summed E-state index contributed by atoms with van der Waals surface area (Å²) in [5.41, 5.74) is 2.27. The van der Waals surface area contributed by atoms with Crippen molar-refractivity contribution in [3.8, 4) is 16.9 Å². The van der Waals surface area contributed by atoms with E-state index >= 15 is 0 Å². The maximum Gasteiger partial charge on any atom is 0.335 e. The van der Waals surface area contributed by atoms with E-state index in [0.717, 1.165) is 23.4 Å². The topological polar surface area (TPSA) is 49.8 Å². The number of carbonyl (C=O) groups is 1. The van der Waals surface area contributed by atoms with Gasteiger partial charge in [0.1, 0.15) is 12.4 Å². The average molecular weight is 285 g/mol. The van der Waals surface area contributed by atoms with Gasteiger partial charge in [-0.2, -0.15) is 0 Å². The SMILES string of the molecule is CN(C)CCOc1cccc(-c2ccc(C(=O)O)cc2)c1. The van der Waals surface area contributed by atoms with Crippen LogP contribution in [0.25, 0.3) is 11.1 Å². The Bertz CT molecular complexity index is 606. The predicted molar refractivity (Wildman–Crippen MR) is 82.9 cm³/mol. The first-order valence-electron chi connectivity index (χ1n) is 6.77. The lowest BCUT2D eigenvalue weighted by molar-refractivity contribution is 0.0697. The monoisotopic (exact) mass is 285 g/mol. The Hall–Kier alpha value is -2.33. The van der Waals surface area contributed by atoms with Crippen molar-refractivity contribution >= 4 is 5.97 Å². The zero-order chi connectivity index (χ0) is 15.2. The standard InChI is InChI=1S/C17H19NO3/c1-18(2)10-11-21-16-5-3-4-15(12-16)13-6-8-14(9-7-13)17(19)20/h3-9,12H,10-11H2,1-2H3,(H,19,20). The molecule has 2 aromatic rings. The van der Waals surface area contributed by atoms with E-state index in [1.165, 1.54) is 0 Å². The van der Waals surface area contributed by atoms with Gasteiger partial charge >= 0.3 is 5.97 Å². The zero-order valence-electron chi connectivity index (χ0n) is 12.2. The van der Waals surface area contributed by atoms with Crippen LogP contribution in [0.5, 0.6) is 5.75 Å². The first-order valence-corrected chi connectivity index (χ1v) is 6.77. The molecule has 21 heavy (non-hydrogen) atoms. The van der Waals surface area contributed by atoms with E-state index in [9.17, 15) is 4.79 Å². The lowest BCUT2D eigenvalue weighted by atomic mass is 10.0. The largest absolute Gasteiger partial charge is 0.492 e. The van der Waals surface area contributed by atoms with E-state index < -0.39 is 5.97 Å². The quantitative estimate of drug-likeness (QED) is 0.886. The minimum Gasteiger partial charge on any atom is -0.492 e. The van der Waals surface area contributed by atoms with Gasteiger partial charge in [-0.15, -0.1) is 0 Å². The number of nitrogens with zero attached hydrogens (tertiary/aromatic N) is 1. The Balaban J connectivity index is 2.11. The number of hydrogen-bond donors (Lipinski definition) is 1. The highest BCUT2D eigenvalue weighted by molar-refractivity contribution is 5.88. The number of hydrogen-bond acceptors (Lipinski definition) is 3. The third-order valence-electron chi connectivity index (χ3n) is 3.11. The molecule has 0 aliphatic carbocycles. The van der Waals surface area contributed by atoms with Crippen LogP contribution in [0.1, 0.15) is 10.4 Å².